The van der Waals surface area contributed by atoms with Gasteiger partial charge >= 0.3 is 5.97 Å². The van der Waals surface area contributed by atoms with E-state index in [0.29, 0.717) is 22.5 Å². The average molecular weight is 288 g/mol. The molecule has 0 bridgehead atoms. The lowest BCUT2D eigenvalue weighted by Crippen LogP contribution is -2.07. The first-order chi connectivity index (χ1) is 10.8. The molecule has 0 unspecified atom stereocenters. The number of ether oxygens (including phenoxy) is 1. The molecule has 2 heterocycles. The number of esters is 1. The fraction of sp³-hybridized carbons (Fsp3) is 0.0556. The number of para-hydroxylation sites is 1. The quantitative estimate of drug-likeness (QED) is 0.549. The van der Waals surface area contributed by atoms with Crippen molar-refractivity contribution in [3.63, 3.8) is 0 Å². The van der Waals surface area contributed by atoms with E-state index in [1.165, 1.54) is 0 Å². The molecule has 4 heteroatoms. The van der Waals surface area contributed by atoms with E-state index in [-0.39, 0.29) is 6.61 Å². The number of nitrogens with zero attached hydrogens (tertiary/aromatic N) is 2. The average Bonchev–Trinajstić information content (AvgIpc) is 2.59. The third kappa shape index (κ3) is 2.65. The van der Waals surface area contributed by atoms with Crippen molar-refractivity contribution in [1.82, 2.24) is 9.97 Å². The number of hydrogen-bond acceptors (Lipinski definition) is 4. The van der Waals surface area contributed by atoms with Crippen LogP contribution in [0.1, 0.15) is 10.4 Å². The van der Waals surface area contributed by atoms with E-state index in [1.807, 2.05) is 42.5 Å². The second kappa shape index (κ2) is 6.06. The number of rotatable bonds is 3. The highest BCUT2D eigenvalue weighted by Crippen LogP contribution is 2.24. The molecule has 0 radical (unpaired) electrons. The van der Waals surface area contributed by atoms with E-state index >= 15 is 0 Å². The van der Waals surface area contributed by atoms with Crippen LogP contribution >= 0.6 is 0 Å². The fourth-order valence-corrected chi connectivity index (χ4v) is 2.17. The van der Waals surface area contributed by atoms with Crippen LogP contribution in [0.3, 0.4) is 0 Å². The number of hydrogen-bond donors (Lipinski definition) is 0. The Morgan fingerprint density at radius 3 is 2.73 bits per heavy atom. The Labute approximate surface area is 127 Å². The van der Waals surface area contributed by atoms with Crippen LogP contribution in [0.25, 0.3) is 22.3 Å². The number of carbonyl (C=O) groups is 1. The van der Waals surface area contributed by atoms with Gasteiger partial charge in [-0.15, -0.1) is 6.42 Å². The van der Waals surface area contributed by atoms with E-state index in [9.17, 15) is 4.79 Å². The second-order valence-electron chi connectivity index (χ2n) is 4.57. The molecule has 0 saturated heterocycles. The summed E-state index contributed by atoms with van der Waals surface area (Å²) in [6.45, 7) is -0.0611. The van der Waals surface area contributed by atoms with Crippen molar-refractivity contribution in [2.75, 3.05) is 6.61 Å². The Bertz CT molecular complexity index is 867. The summed E-state index contributed by atoms with van der Waals surface area (Å²) in [6, 6.07) is 14.6. The van der Waals surface area contributed by atoms with Gasteiger partial charge in [0.15, 0.2) is 6.61 Å². The summed E-state index contributed by atoms with van der Waals surface area (Å²) in [5.74, 6) is 1.83. The number of carbonyl (C=O) groups excluding carboxylic acids is 1. The Morgan fingerprint density at radius 1 is 1.14 bits per heavy atom. The lowest BCUT2D eigenvalue weighted by Gasteiger charge is -2.08. The van der Waals surface area contributed by atoms with E-state index in [1.54, 1.807) is 12.3 Å². The van der Waals surface area contributed by atoms with Gasteiger partial charge in [-0.05, 0) is 24.3 Å². The molecular formula is C18H12N2O2. The minimum absolute atomic E-state index is 0.0611. The standard InChI is InChI=1S/C18H12N2O2/c1-2-11-22-18(21)14-12-17(16-9-5-6-10-19-16)20-15-8-4-3-7-13(14)15/h1,3-10,12H,11H2. The van der Waals surface area contributed by atoms with E-state index in [4.69, 9.17) is 11.2 Å². The van der Waals surface area contributed by atoms with Crippen molar-refractivity contribution >= 4 is 16.9 Å². The van der Waals surface area contributed by atoms with Crippen LogP contribution in [0, 0.1) is 12.3 Å². The van der Waals surface area contributed by atoms with E-state index in [0.717, 1.165) is 5.39 Å². The van der Waals surface area contributed by atoms with Gasteiger partial charge in [0, 0.05) is 11.6 Å². The summed E-state index contributed by atoms with van der Waals surface area (Å²) in [7, 11) is 0. The van der Waals surface area contributed by atoms with E-state index < -0.39 is 5.97 Å². The lowest BCUT2D eigenvalue weighted by molar-refractivity contribution is 0.0559. The molecular weight excluding hydrogens is 276 g/mol. The van der Waals surface area contributed by atoms with Crippen molar-refractivity contribution in [2.24, 2.45) is 0 Å². The van der Waals surface area contributed by atoms with Crippen molar-refractivity contribution in [1.29, 1.82) is 0 Å². The first-order valence-electron chi connectivity index (χ1n) is 6.71. The van der Waals surface area contributed by atoms with Crippen LogP contribution in [0.15, 0.2) is 54.7 Å². The molecule has 4 nitrogen and oxygen atoms in total. The highest BCUT2D eigenvalue weighted by atomic mass is 16.5. The zero-order chi connectivity index (χ0) is 15.4. The maximum absolute atomic E-state index is 12.2. The maximum atomic E-state index is 12.2. The number of aromatic nitrogens is 2. The van der Waals surface area contributed by atoms with Gasteiger partial charge in [-0.1, -0.05) is 30.2 Å². The van der Waals surface area contributed by atoms with Crippen molar-refractivity contribution in [2.45, 2.75) is 0 Å². The predicted octanol–water partition coefficient (Wildman–Crippen LogP) is 3.09. The molecule has 3 rings (SSSR count). The van der Waals surface area contributed by atoms with Gasteiger partial charge in [0.2, 0.25) is 0 Å². The molecule has 0 spiro atoms. The van der Waals surface area contributed by atoms with Gasteiger partial charge in [0.1, 0.15) is 0 Å². The molecule has 0 saturated carbocycles. The summed E-state index contributed by atoms with van der Waals surface area (Å²) in [5.41, 5.74) is 2.45. The molecule has 0 aliphatic heterocycles. The topological polar surface area (TPSA) is 52.1 Å². The van der Waals surface area contributed by atoms with Gasteiger partial charge in [-0.2, -0.15) is 0 Å². The SMILES string of the molecule is C#CCOC(=O)c1cc(-c2ccccn2)nc2ccccc12. The number of fused-ring (bicyclic) bond motifs is 1. The monoisotopic (exact) mass is 288 g/mol. The molecule has 0 N–H and O–H groups in total. The molecule has 0 atom stereocenters. The van der Waals surface area contributed by atoms with E-state index in [2.05, 4.69) is 15.9 Å². The number of terminal acetylenes is 1. The first kappa shape index (κ1) is 13.8. The van der Waals surface area contributed by atoms with Gasteiger partial charge in [0.25, 0.3) is 0 Å². The fourth-order valence-electron chi connectivity index (χ4n) is 2.17. The molecule has 0 aliphatic carbocycles. The minimum atomic E-state index is -0.464. The normalized spacial score (nSPS) is 10.1. The number of benzene rings is 1. The summed E-state index contributed by atoms with van der Waals surface area (Å²) >= 11 is 0. The third-order valence-electron chi connectivity index (χ3n) is 3.15. The summed E-state index contributed by atoms with van der Waals surface area (Å²) < 4.78 is 5.05. The van der Waals surface area contributed by atoms with Crippen LogP contribution in [0.4, 0.5) is 0 Å². The Hall–Kier alpha value is -3.19. The molecule has 1 aromatic carbocycles. The molecule has 0 fully saturated rings. The molecule has 22 heavy (non-hydrogen) atoms. The molecule has 0 aliphatic rings. The molecule has 2 aromatic heterocycles. The highest BCUT2D eigenvalue weighted by molar-refractivity contribution is 6.04. The maximum Gasteiger partial charge on any atom is 0.339 e. The Kier molecular flexibility index (Phi) is 3.80. The van der Waals surface area contributed by atoms with Crippen LogP contribution in [0.5, 0.6) is 0 Å². The molecule has 106 valence electrons. The molecule has 3 aromatic rings. The zero-order valence-electron chi connectivity index (χ0n) is 11.7. The van der Waals surface area contributed by atoms with Gasteiger partial charge < -0.3 is 4.74 Å². The Balaban J connectivity index is 2.17. The van der Waals surface area contributed by atoms with Crippen LogP contribution in [0.2, 0.25) is 0 Å². The van der Waals surface area contributed by atoms with Crippen LogP contribution in [-0.2, 0) is 4.74 Å². The zero-order valence-corrected chi connectivity index (χ0v) is 11.7. The lowest BCUT2D eigenvalue weighted by atomic mass is 10.1. The van der Waals surface area contributed by atoms with Crippen LogP contribution in [-0.4, -0.2) is 22.5 Å². The van der Waals surface area contributed by atoms with Gasteiger partial charge in [-0.3, -0.25) is 4.98 Å². The Morgan fingerprint density at radius 2 is 1.95 bits per heavy atom. The van der Waals surface area contributed by atoms with Gasteiger partial charge in [0.05, 0.1) is 22.5 Å². The van der Waals surface area contributed by atoms with Crippen molar-refractivity contribution in [3.8, 4) is 23.7 Å². The largest absolute Gasteiger partial charge is 0.449 e. The first-order valence-corrected chi connectivity index (χ1v) is 6.71. The smallest absolute Gasteiger partial charge is 0.339 e. The van der Waals surface area contributed by atoms with Gasteiger partial charge in [-0.25, -0.2) is 9.78 Å². The molecule has 0 amide bonds. The summed E-state index contributed by atoms with van der Waals surface area (Å²) in [5, 5.41) is 0.726. The second-order valence-corrected chi connectivity index (χ2v) is 4.57. The van der Waals surface area contributed by atoms with Crippen molar-refractivity contribution < 1.29 is 9.53 Å². The third-order valence-corrected chi connectivity index (χ3v) is 3.15. The van der Waals surface area contributed by atoms with Crippen LogP contribution < -0.4 is 0 Å². The number of pyridine rings is 2. The predicted molar refractivity (Wildman–Crippen MR) is 84.1 cm³/mol. The highest BCUT2D eigenvalue weighted by Gasteiger charge is 2.15. The summed E-state index contributed by atoms with van der Waals surface area (Å²) in [4.78, 5) is 21.1. The van der Waals surface area contributed by atoms with Crippen molar-refractivity contribution in [3.05, 3.63) is 60.3 Å². The summed E-state index contributed by atoms with van der Waals surface area (Å²) in [6.07, 6.45) is 6.82. The minimum Gasteiger partial charge on any atom is -0.449 e.